The Balaban J connectivity index is 3.65. The van der Waals surface area contributed by atoms with Gasteiger partial charge in [-0.3, -0.25) is 0 Å². The van der Waals surface area contributed by atoms with Crippen LogP contribution in [0.1, 0.15) is 0 Å². The Morgan fingerprint density at radius 3 is 2.14 bits per heavy atom. The van der Waals surface area contributed by atoms with Gasteiger partial charge in [0, 0.05) is 7.60 Å². The van der Waals surface area contributed by atoms with Crippen LogP contribution in [0.5, 0.6) is 0 Å². The van der Waals surface area contributed by atoms with Gasteiger partial charge >= 0.3 is 0 Å². The second kappa shape index (κ2) is 2.08. The molecule has 0 unspecified atom stereocenters. The zero-order valence-electron chi connectivity index (χ0n) is 3.33. The number of hydrogen-bond acceptors (Lipinski definition) is 3. The lowest BCUT2D eigenvalue weighted by atomic mass is 11.4. The Morgan fingerprint density at radius 1 is 1.71 bits per heavy atom. The molecule has 0 aromatic carbocycles. The quantitative estimate of drug-likeness (QED) is 0.321. The molecule has 0 saturated carbocycles. The lowest BCUT2D eigenvalue weighted by molar-refractivity contribution is -0.312. The molecule has 0 N–H and O–H groups in total. The Morgan fingerprint density at radius 2 is 2.14 bits per heavy atom. The minimum atomic E-state index is -4.52. The van der Waals surface area contributed by atoms with Crippen LogP contribution in [0.3, 0.4) is 0 Å². The lowest BCUT2D eigenvalue weighted by Crippen LogP contribution is -2.14. The summed E-state index contributed by atoms with van der Waals surface area (Å²) >= 11 is 0. The first-order chi connectivity index (χ1) is 3.06. The molecular weight excluding hydrogens is 117 g/mol. The van der Waals surface area contributed by atoms with E-state index in [0.717, 1.165) is 0 Å². The third-order valence-corrected chi connectivity index (χ3v) is 0.732. The molecule has 0 amide bonds. The van der Waals surface area contributed by atoms with Gasteiger partial charge in [0.25, 0.3) is 0 Å². The standard InChI is InChI=1S/C2H4NO3P/c1-3-2-7(4,5)6/h2H2,(H2,4,5,6)/p-2. The topological polar surface area (TPSA) is 67.5 Å². The summed E-state index contributed by atoms with van der Waals surface area (Å²) in [6, 6.07) is 0. The molecule has 40 valence electrons. The van der Waals surface area contributed by atoms with Gasteiger partial charge < -0.3 is 19.2 Å². The van der Waals surface area contributed by atoms with Gasteiger partial charge in [0.15, 0.2) is 0 Å². The summed E-state index contributed by atoms with van der Waals surface area (Å²) in [5, 5.41) is 0. The highest BCUT2D eigenvalue weighted by atomic mass is 31.2. The second-order valence-corrected chi connectivity index (χ2v) is 2.42. The van der Waals surface area contributed by atoms with Gasteiger partial charge in [-0.1, -0.05) is 0 Å². The molecule has 0 saturated heterocycles. The smallest absolute Gasteiger partial charge is 0.237 e. The van der Waals surface area contributed by atoms with E-state index in [1.165, 1.54) is 0 Å². The van der Waals surface area contributed by atoms with Crippen molar-refractivity contribution in [1.82, 2.24) is 0 Å². The fourth-order valence-electron chi connectivity index (χ4n) is 0.0866. The van der Waals surface area contributed by atoms with Gasteiger partial charge in [-0.05, 0) is 0 Å². The molecule has 0 bridgehead atoms. The molecule has 0 atom stereocenters. The second-order valence-electron chi connectivity index (χ2n) is 0.910. The summed E-state index contributed by atoms with van der Waals surface area (Å²) in [7, 11) is -4.52. The Hall–Kier alpha value is -0.360. The van der Waals surface area contributed by atoms with E-state index in [9.17, 15) is 14.4 Å². The minimum Gasteiger partial charge on any atom is -0.806 e. The molecule has 7 heavy (non-hydrogen) atoms. The van der Waals surface area contributed by atoms with Crippen LogP contribution >= 0.6 is 7.60 Å². The molecular formula is C2H2NO3P-2. The van der Waals surface area contributed by atoms with E-state index in [0.29, 0.717) is 0 Å². The third kappa shape index (κ3) is 5.64. The predicted octanol–water partition coefficient (Wildman–Crippen LogP) is -1.22. The molecule has 0 fully saturated rings. The highest BCUT2D eigenvalue weighted by Crippen LogP contribution is 2.21. The van der Waals surface area contributed by atoms with Gasteiger partial charge in [0.1, 0.15) is 0 Å². The van der Waals surface area contributed by atoms with Crippen molar-refractivity contribution in [2.75, 3.05) is 6.29 Å². The van der Waals surface area contributed by atoms with Gasteiger partial charge in [0.2, 0.25) is 6.29 Å². The first-order valence-corrected chi connectivity index (χ1v) is 3.13. The normalized spacial score (nSPS) is 10.4. The van der Waals surface area contributed by atoms with E-state index in [4.69, 9.17) is 6.57 Å². The van der Waals surface area contributed by atoms with Crippen LogP contribution in [0.25, 0.3) is 4.85 Å². The van der Waals surface area contributed by atoms with Crippen LogP contribution in [0.15, 0.2) is 0 Å². The van der Waals surface area contributed by atoms with Crippen LogP contribution in [-0.2, 0) is 4.57 Å². The maximum atomic E-state index is 9.49. The highest BCUT2D eigenvalue weighted by Gasteiger charge is 1.87. The molecule has 0 aromatic heterocycles. The molecule has 0 aliphatic heterocycles. The minimum absolute atomic E-state index is 0.924. The molecule has 0 aliphatic rings. The highest BCUT2D eigenvalue weighted by molar-refractivity contribution is 7.48. The molecule has 0 radical (unpaired) electrons. The zero-order valence-corrected chi connectivity index (χ0v) is 4.22. The van der Waals surface area contributed by atoms with Crippen LogP contribution in [-0.4, -0.2) is 6.29 Å². The van der Waals surface area contributed by atoms with Crippen molar-refractivity contribution < 1.29 is 14.4 Å². The van der Waals surface area contributed by atoms with Crippen LogP contribution < -0.4 is 9.79 Å². The molecule has 4 nitrogen and oxygen atoms in total. The molecule has 0 spiro atoms. The predicted molar refractivity (Wildman–Crippen MR) is 19.1 cm³/mol. The Kier molecular flexibility index (Phi) is 1.97. The summed E-state index contributed by atoms with van der Waals surface area (Å²) in [6.07, 6.45) is -0.924. The van der Waals surface area contributed by atoms with Crippen molar-refractivity contribution in [3.63, 3.8) is 0 Å². The van der Waals surface area contributed by atoms with E-state index in [-0.39, 0.29) is 0 Å². The first kappa shape index (κ1) is 6.64. The number of hydrogen-bond donors (Lipinski definition) is 0. The van der Waals surface area contributed by atoms with Gasteiger partial charge in [-0.2, -0.15) is 0 Å². The van der Waals surface area contributed by atoms with Crippen LogP contribution in [0.4, 0.5) is 0 Å². The lowest BCUT2D eigenvalue weighted by Gasteiger charge is -2.21. The van der Waals surface area contributed by atoms with E-state index in [1.54, 1.807) is 0 Å². The van der Waals surface area contributed by atoms with E-state index >= 15 is 0 Å². The average Bonchev–Trinajstić information content (AvgIpc) is 1.30. The van der Waals surface area contributed by atoms with Gasteiger partial charge in [-0.15, -0.1) is 0 Å². The van der Waals surface area contributed by atoms with E-state index in [2.05, 4.69) is 4.85 Å². The number of nitrogens with zero attached hydrogens (tertiary/aromatic N) is 1. The van der Waals surface area contributed by atoms with Crippen molar-refractivity contribution in [2.24, 2.45) is 0 Å². The van der Waals surface area contributed by atoms with Crippen LogP contribution in [0, 0.1) is 6.57 Å². The average molecular weight is 119 g/mol. The van der Waals surface area contributed by atoms with E-state index in [1.807, 2.05) is 0 Å². The van der Waals surface area contributed by atoms with Crippen molar-refractivity contribution in [2.45, 2.75) is 0 Å². The fourth-order valence-corrected chi connectivity index (χ4v) is 0.260. The summed E-state index contributed by atoms with van der Waals surface area (Å²) in [5.74, 6) is 0. The van der Waals surface area contributed by atoms with Crippen molar-refractivity contribution >= 4 is 7.60 Å². The van der Waals surface area contributed by atoms with Crippen molar-refractivity contribution in [3.05, 3.63) is 11.4 Å². The van der Waals surface area contributed by atoms with E-state index < -0.39 is 13.9 Å². The van der Waals surface area contributed by atoms with Gasteiger partial charge in [0.05, 0.1) is 0 Å². The Labute approximate surface area is 40.8 Å². The first-order valence-electron chi connectivity index (χ1n) is 1.40. The third-order valence-electron chi connectivity index (χ3n) is 0.244. The summed E-state index contributed by atoms with van der Waals surface area (Å²) in [6.45, 7) is 5.91. The molecule has 5 heteroatoms. The number of rotatable bonds is 1. The molecule has 0 heterocycles. The van der Waals surface area contributed by atoms with Crippen LogP contribution in [0.2, 0.25) is 0 Å². The van der Waals surface area contributed by atoms with Crippen molar-refractivity contribution in [1.29, 1.82) is 0 Å². The SMILES string of the molecule is [C-]#[N+]CP(=O)([O-])[O-]. The summed E-state index contributed by atoms with van der Waals surface area (Å²) < 4.78 is 9.49. The molecule has 0 aromatic rings. The molecule has 0 aliphatic carbocycles. The maximum absolute atomic E-state index is 9.49. The summed E-state index contributed by atoms with van der Waals surface area (Å²) in [5.41, 5.74) is 0. The maximum Gasteiger partial charge on any atom is 0.237 e. The Bertz CT molecular complexity index is 130. The van der Waals surface area contributed by atoms with Gasteiger partial charge in [-0.25, -0.2) is 6.57 Å². The largest absolute Gasteiger partial charge is 0.806 e. The van der Waals surface area contributed by atoms with Crippen molar-refractivity contribution in [3.8, 4) is 0 Å². The molecule has 0 rings (SSSR count). The monoisotopic (exact) mass is 119 g/mol. The zero-order chi connectivity index (χ0) is 5.91. The fraction of sp³-hybridized carbons (Fsp3) is 0.500. The summed E-state index contributed by atoms with van der Waals surface area (Å²) in [4.78, 5) is 21.3.